The van der Waals surface area contributed by atoms with Crippen molar-refractivity contribution in [2.45, 2.75) is 0 Å². The molecule has 0 bridgehead atoms. The van der Waals surface area contributed by atoms with Crippen molar-refractivity contribution < 1.29 is 9.90 Å². The molecule has 2 aromatic rings. The zero-order valence-electron chi connectivity index (χ0n) is 9.46. The number of rotatable bonds is 2. The van der Waals surface area contributed by atoms with Crippen LogP contribution in [0.3, 0.4) is 0 Å². The molecule has 1 amide bonds. The number of hydrogen-bond acceptors (Lipinski definition) is 3. The van der Waals surface area contributed by atoms with Crippen molar-refractivity contribution >= 4 is 11.6 Å². The van der Waals surface area contributed by atoms with E-state index in [-0.39, 0.29) is 11.6 Å². The summed E-state index contributed by atoms with van der Waals surface area (Å²) in [4.78, 5) is 23.2. The van der Waals surface area contributed by atoms with Gasteiger partial charge in [-0.2, -0.15) is 0 Å². The summed E-state index contributed by atoms with van der Waals surface area (Å²) in [7, 11) is 0. The van der Waals surface area contributed by atoms with Gasteiger partial charge in [0, 0.05) is 5.56 Å². The lowest BCUT2D eigenvalue weighted by Gasteiger charge is -2.04. The van der Waals surface area contributed by atoms with Crippen LogP contribution >= 0.6 is 0 Å². The summed E-state index contributed by atoms with van der Waals surface area (Å²) in [6.07, 6.45) is 0. The van der Waals surface area contributed by atoms with Crippen molar-refractivity contribution in [3.05, 3.63) is 70.4 Å². The van der Waals surface area contributed by atoms with Crippen LogP contribution in [-0.4, -0.2) is 11.0 Å². The molecule has 2 aromatic carbocycles. The molecular weight excluding hydrogens is 230 g/mol. The van der Waals surface area contributed by atoms with Gasteiger partial charge in [0.2, 0.25) is 5.43 Å². The molecular formula is C14H11NO3. The number of aromatic hydroxyl groups is 1. The van der Waals surface area contributed by atoms with Gasteiger partial charge in [0.25, 0.3) is 5.91 Å². The number of hydrogen-bond donors (Lipinski definition) is 2. The third-order valence-electron chi connectivity index (χ3n) is 2.39. The Labute approximate surface area is 104 Å². The van der Waals surface area contributed by atoms with Crippen molar-refractivity contribution in [1.29, 1.82) is 0 Å². The number of carbonyl (C=O) groups is 1. The maximum Gasteiger partial charge on any atom is 0.255 e. The molecule has 0 saturated carbocycles. The van der Waals surface area contributed by atoms with E-state index in [0.717, 1.165) is 0 Å². The first-order chi connectivity index (χ1) is 8.68. The van der Waals surface area contributed by atoms with Gasteiger partial charge in [0.15, 0.2) is 5.75 Å². The summed E-state index contributed by atoms with van der Waals surface area (Å²) in [5.74, 6) is -0.846. The van der Waals surface area contributed by atoms with E-state index in [4.69, 9.17) is 0 Å². The van der Waals surface area contributed by atoms with Crippen molar-refractivity contribution in [3.8, 4) is 5.75 Å². The van der Waals surface area contributed by atoms with Crippen LogP contribution in [0.4, 0.5) is 5.69 Å². The van der Waals surface area contributed by atoms with Crippen molar-refractivity contribution in [2.24, 2.45) is 0 Å². The lowest BCUT2D eigenvalue weighted by molar-refractivity contribution is 0.102. The smallest absolute Gasteiger partial charge is 0.255 e. The first kappa shape index (κ1) is 11.9. The Morgan fingerprint density at radius 2 is 1.56 bits per heavy atom. The Bertz CT molecular complexity index is 623. The summed E-state index contributed by atoms with van der Waals surface area (Å²) >= 11 is 0. The summed E-state index contributed by atoms with van der Waals surface area (Å²) in [6.45, 7) is 0. The van der Waals surface area contributed by atoms with E-state index in [1.807, 2.05) is 0 Å². The lowest BCUT2D eigenvalue weighted by Crippen LogP contribution is -2.12. The Morgan fingerprint density at radius 3 is 2.28 bits per heavy atom. The molecule has 18 heavy (non-hydrogen) atoms. The van der Waals surface area contributed by atoms with E-state index in [2.05, 4.69) is 5.32 Å². The molecule has 0 unspecified atom stereocenters. The highest BCUT2D eigenvalue weighted by atomic mass is 16.3. The summed E-state index contributed by atoms with van der Waals surface area (Å²) < 4.78 is 0. The minimum atomic E-state index is -0.539. The number of benzene rings is 1. The molecule has 4 heteroatoms. The van der Waals surface area contributed by atoms with Crippen molar-refractivity contribution in [2.75, 3.05) is 5.32 Å². The first-order valence-corrected chi connectivity index (χ1v) is 5.37. The average Bonchev–Trinajstić information content (AvgIpc) is 2.55. The largest absolute Gasteiger partial charge is 0.503 e. The number of anilines is 1. The molecule has 0 fully saturated rings. The average molecular weight is 241 g/mol. The van der Waals surface area contributed by atoms with Gasteiger partial charge in [0.05, 0.1) is 5.69 Å². The van der Waals surface area contributed by atoms with Crippen LogP contribution in [0.15, 0.2) is 59.4 Å². The quantitative estimate of drug-likeness (QED) is 0.845. The zero-order chi connectivity index (χ0) is 13.0. The third-order valence-corrected chi connectivity index (χ3v) is 2.39. The molecule has 0 aliphatic heterocycles. The first-order valence-electron chi connectivity index (χ1n) is 5.37. The van der Waals surface area contributed by atoms with Gasteiger partial charge < -0.3 is 10.4 Å². The second kappa shape index (κ2) is 5.14. The molecule has 0 aromatic heterocycles. The molecule has 0 heterocycles. The van der Waals surface area contributed by atoms with Crippen molar-refractivity contribution in [1.82, 2.24) is 0 Å². The lowest BCUT2D eigenvalue weighted by atomic mass is 10.2. The summed E-state index contributed by atoms with van der Waals surface area (Å²) in [5, 5.41) is 12.1. The van der Waals surface area contributed by atoms with Crippen LogP contribution in [0.2, 0.25) is 0 Å². The zero-order valence-corrected chi connectivity index (χ0v) is 9.46. The molecule has 0 atom stereocenters. The highest BCUT2D eigenvalue weighted by Gasteiger charge is 2.08. The van der Waals surface area contributed by atoms with Gasteiger partial charge in [0.1, 0.15) is 0 Å². The maximum absolute atomic E-state index is 11.9. The highest BCUT2D eigenvalue weighted by molar-refractivity contribution is 6.04. The summed E-state index contributed by atoms with van der Waals surface area (Å²) in [6, 6.07) is 14.3. The number of nitrogens with one attached hydrogen (secondary N) is 1. The van der Waals surface area contributed by atoms with Crippen LogP contribution in [0.5, 0.6) is 5.75 Å². The van der Waals surface area contributed by atoms with E-state index >= 15 is 0 Å². The van der Waals surface area contributed by atoms with E-state index in [0.29, 0.717) is 5.56 Å². The van der Waals surface area contributed by atoms with Crippen LogP contribution in [0.1, 0.15) is 10.4 Å². The Balaban J connectivity index is 2.32. The fourth-order valence-electron chi connectivity index (χ4n) is 1.47. The molecule has 4 nitrogen and oxygen atoms in total. The minimum absolute atomic E-state index is 0.0962. The number of carbonyl (C=O) groups excluding carboxylic acids is 1. The monoisotopic (exact) mass is 241 g/mol. The molecule has 2 rings (SSSR count). The third kappa shape index (κ3) is 2.55. The Hall–Kier alpha value is -2.62. The van der Waals surface area contributed by atoms with Gasteiger partial charge in [-0.15, -0.1) is 0 Å². The minimum Gasteiger partial charge on any atom is -0.503 e. The maximum atomic E-state index is 11.9. The molecule has 0 saturated heterocycles. The van der Waals surface area contributed by atoms with Crippen molar-refractivity contribution in [3.63, 3.8) is 0 Å². The normalized spacial score (nSPS) is 9.78. The highest BCUT2D eigenvalue weighted by Crippen LogP contribution is 2.17. The Morgan fingerprint density at radius 1 is 0.944 bits per heavy atom. The van der Waals surface area contributed by atoms with Gasteiger partial charge in [-0.05, 0) is 24.3 Å². The molecule has 2 N–H and O–H groups in total. The van der Waals surface area contributed by atoms with Crippen LogP contribution in [0.25, 0.3) is 0 Å². The van der Waals surface area contributed by atoms with E-state index in [9.17, 15) is 14.7 Å². The SMILES string of the molecule is O=C(Nc1ccccc(=O)c1O)c1ccccc1. The van der Waals surface area contributed by atoms with Gasteiger partial charge in [-0.1, -0.05) is 30.3 Å². The van der Waals surface area contributed by atoms with Gasteiger partial charge in [-0.3, -0.25) is 9.59 Å². The Kier molecular flexibility index (Phi) is 3.38. The molecule has 0 radical (unpaired) electrons. The summed E-state index contributed by atoms with van der Waals surface area (Å²) in [5.41, 5.74) is 0.0121. The standard InChI is InChI=1S/C14H11NO3/c16-12-9-5-4-8-11(13(12)17)15-14(18)10-6-2-1-3-7-10/h1-9H,(H2,15,16,17,18). The molecule has 0 spiro atoms. The second-order valence-corrected chi connectivity index (χ2v) is 3.66. The van der Waals surface area contributed by atoms with E-state index < -0.39 is 11.2 Å². The fourth-order valence-corrected chi connectivity index (χ4v) is 1.47. The predicted molar refractivity (Wildman–Crippen MR) is 68.8 cm³/mol. The van der Waals surface area contributed by atoms with Crippen LogP contribution in [-0.2, 0) is 0 Å². The molecule has 90 valence electrons. The fraction of sp³-hybridized carbons (Fsp3) is 0. The van der Waals surface area contributed by atoms with E-state index in [1.165, 1.54) is 18.2 Å². The number of amides is 1. The van der Waals surface area contributed by atoms with Crippen LogP contribution in [0, 0.1) is 0 Å². The molecule has 0 aliphatic rings. The van der Waals surface area contributed by atoms with E-state index in [1.54, 1.807) is 36.4 Å². The molecule has 0 aliphatic carbocycles. The second-order valence-electron chi connectivity index (χ2n) is 3.66. The predicted octanol–water partition coefficient (Wildman–Crippen LogP) is 2.00. The van der Waals surface area contributed by atoms with Gasteiger partial charge >= 0.3 is 0 Å². The topological polar surface area (TPSA) is 66.4 Å². The van der Waals surface area contributed by atoms with Crippen LogP contribution < -0.4 is 10.7 Å². The van der Waals surface area contributed by atoms with Gasteiger partial charge in [-0.25, -0.2) is 0 Å².